The maximum atomic E-state index is 13.2. The van der Waals surface area contributed by atoms with Crippen molar-refractivity contribution in [1.82, 2.24) is 0 Å². The molecule has 2 nitrogen and oxygen atoms in total. The Bertz CT molecular complexity index is 612. The van der Waals surface area contributed by atoms with Crippen LogP contribution in [-0.4, -0.2) is 12.6 Å². The fraction of sp³-hybridized carbons (Fsp3) is 0.294. The van der Waals surface area contributed by atoms with E-state index in [4.69, 9.17) is 4.74 Å². The molecule has 0 saturated heterocycles. The molecule has 0 spiro atoms. The number of hydrogen-bond acceptors (Lipinski definition) is 2. The smallest absolute Gasteiger partial charge is 0.123 e. The number of benzene rings is 2. The number of anilines is 1. The first-order valence-corrected chi connectivity index (χ1v) is 7.03. The predicted molar refractivity (Wildman–Crippen MR) is 78.8 cm³/mol. The third kappa shape index (κ3) is 2.62. The Morgan fingerprint density at radius 3 is 2.95 bits per heavy atom. The van der Waals surface area contributed by atoms with Gasteiger partial charge in [0.1, 0.15) is 17.7 Å². The predicted octanol–water partition coefficient (Wildman–Crippen LogP) is 3.80. The molecular formula is C17H18FNO. The number of ether oxygens (including phenoxy) is 1. The molecule has 2 aromatic carbocycles. The van der Waals surface area contributed by atoms with Crippen LogP contribution < -0.4 is 10.1 Å². The van der Waals surface area contributed by atoms with Crippen molar-refractivity contribution in [2.24, 2.45) is 0 Å². The van der Waals surface area contributed by atoms with Gasteiger partial charge in [-0.1, -0.05) is 25.1 Å². The third-order valence-electron chi connectivity index (χ3n) is 3.68. The van der Waals surface area contributed by atoms with E-state index >= 15 is 0 Å². The van der Waals surface area contributed by atoms with Crippen molar-refractivity contribution >= 4 is 5.69 Å². The Morgan fingerprint density at radius 1 is 1.25 bits per heavy atom. The first kappa shape index (κ1) is 13.0. The molecule has 1 heterocycles. The summed E-state index contributed by atoms with van der Waals surface area (Å²) in [6.45, 7) is 2.87. The van der Waals surface area contributed by atoms with Crippen LogP contribution in [0.1, 0.15) is 18.1 Å². The van der Waals surface area contributed by atoms with Crippen LogP contribution in [-0.2, 0) is 12.8 Å². The highest BCUT2D eigenvalue weighted by atomic mass is 19.1. The molecule has 1 aliphatic rings. The summed E-state index contributed by atoms with van der Waals surface area (Å²) in [7, 11) is 0. The largest absolute Gasteiger partial charge is 0.488 e. The first-order chi connectivity index (χ1) is 9.76. The van der Waals surface area contributed by atoms with E-state index in [1.54, 1.807) is 12.1 Å². The van der Waals surface area contributed by atoms with Crippen molar-refractivity contribution in [3.05, 3.63) is 59.4 Å². The minimum absolute atomic E-state index is 0.0664. The second-order valence-corrected chi connectivity index (χ2v) is 5.09. The first-order valence-electron chi connectivity index (χ1n) is 7.03. The van der Waals surface area contributed by atoms with Crippen LogP contribution in [0.3, 0.4) is 0 Å². The zero-order valence-corrected chi connectivity index (χ0v) is 11.5. The molecule has 104 valence electrons. The van der Waals surface area contributed by atoms with E-state index in [0.717, 1.165) is 36.4 Å². The third-order valence-corrected chi connectivity index (χ3v) is 3.68. The zero-order chi connectivity index (χ0) is 13.9. The van der Waals surface area contributed by atoms with Crippen LogP contribution in [0.2, 0.25) is 0 Å². The molecule has 2 aromatic rings. The van der Waals surface area contributed by atoms with E-state index < -0.39 is 0 Å². The van der Waals surface area contributed by atoms with Crippen molar-refractivity contribution in [3.8, 4) is 5.75 Å². The maximum absolute atomic E-state index is 13.2. The van der Waals surface area contributed by atoms with Crippen LogP contribution in [0.25, 0.3) is 0 Å². The highest BCUT2D eigenvalue weighted by Gasteiger charge is 2.23. The molecule has 0 saturated carbocycles. The van der Waals surface area contributed by atoms with Gasteiger partial charge >= 0.3 is 0 Å². The van der Waals surface area contributed by atoms with Gasteiger partial charge in [-0.15, -0.1) is 0 Å². The van der Waals surface area contributed by atoms with E-state index in [1.165, 1.54) is 11.6 Å². The van der Waals surface area contributed by atoms with Gasteiger partial charge < -0.3 is 10.1 Å². The topological polar surface area (TPSA) is 21.3 Å². The van der Waals surface area contributed by atoms with Gasteiger partial charge in [-0.3, -0.25) is 0 Å². The van der Waals surface area contributed by atoms with Gasteiger partial charge in [0.2, 0.25) is 0 Å². The van der Waals surface area contributed by atoms with Crippen molar-refractivity contribution in [2.45, 2.75) is 25.9 Å². The van der Waals surface area contributed by atoms with Gasteiger partial charge in [-0.25, -0.2) is 4.39 Å². The van der Waals surface area contributed by atoms with Crippen LogP contribution >= 0.6 is 0 Å². The molecule has 3 rings (SSSR count). The molecule has 20 heavy (non-hydrogen) atoms. The van der Waals surface area contributed by atoms with Crippen molar-refractivity contribution in [2.75, 3.05) is 11.9 Å². The van der Waals surface area contributed by atoms with Crippen molar-refractivity contribution < 1.29 is 9.13 Å². The van der Waals surface area contributed by atoms with Crippen LogP contribution in [0.15, 0.2) is 42.5 Å². The number of rotatable bonds is 4. The summed E-state index contributed by atoms with van der Waals surface area (Å²) in [5, 5.41) is 3.44. The minimum atomic E-state index is -0.197. The van der Waals surface area contributed by atoms with Crippen LogP contribution in [0.4, 0.5) is 10.1 Å². The Hall–Kier alpha value is -2.03. The highest BCUT2D eigenvalue weighted by molar-refractivity contribution is 5.51. The number of halogens is 1. The average Bonchev–Trinajstić information content (AvgIpc) is 2.87. The minimum Gasteiger partial charge on any atom is -0.488 e. The lowest BCUT2D eigenvalue weighted by Gasteiger charge is -2.15. The van der Waals surface area contributed by atoms with Crippen molar-refractivity contribution in [1.29, 1.82) is 0 Å². The fourth-order valence-electron chi connectivity index (χ4n) is 2.63. The molecule has 0 fully saturated rings. The van der Waals surface area contributed by atoms with Gasteiger partial charge in [0.15, 0.2) is 0 Å². The lowest BCUT2D eigenvalue weighted by atomic mass is 10.1. The van der Waals surface area contributed by atoms with Crippen LogP contribution in [0.5, 0.6) is 5.75 Å². The summed E-state index contributed by atoms with van der Waals surface area (Å²) in [5.74, 6) is 0.610. The fourth-order valence-corrected chi connectivity index (χ4v) is 2.63. The summed E-state index contributed by atoms with van der Waals surface area (Å²) >= 11 is 0. The second-order valence-electron chi connectivity index (χ2n) is 5.09. The standard InChI is InChI=1S/C17H18FNO/c1-2-12-5-3-4-6-16(12)19-11-15-10-13-9-14(18)7-8-17(13)20-15/h3-9,15,19H,2,10-11H2,1H3. The quantitative estimate of drug-likeness (QED) is 0.913. The normalized spacial score (nSPS) is 16.6. The van der Waals surface area contributed by atoms with E-state index in [1.807, 2.05) is 6.07 Å². The molecule has 1 N–H and O–H groups in total. The van der Waals surface area contributed by atoms with E-state index in [-0.39, 0.29) is 11.9 Å². The van der Waals surface area contributed by atoms with Gasteiger partial charge in [-0.05, 0) is 36.2 Å². The lowest BCUT2D eigenvalue weighted by molar-refractivity contribution is 0.246. The molecule has 0 radical (unpaired) electrons. The zero-order valence-electron chi connectivity index (χ0n) is 11.5. The number of nitrogens with one attached hydrogen (secondary N) is 1. The average molecular weight is 271 g/mol. The van der Waals surface area contributed by atoms with Gasteiger partial charge in [0, 0.05) is 17.7 Å². The lowest BCUT2D eigenvalue weighted by Crippen LogP contribution is -2.24. The molecule has 0 aliphatic carbocycles. The van der Waals surface area contributed by atoms with E-state index in [9.17, 15) is 4.39 Å². The second kappa shape index (κ2) is 5.53. The Morgan fingerprint density at radius 2 is 2.10 bits per heavy atom. The number of hydrogen-bond donors (Lipinski definition) is 1. The molecule has 1 atom stereocenters. The summed E-state index contributed by atoms with van der Waals surface area (Å²) in [6, 6.07) is 13.0. The summed E-state index contributed by atoms with van der Waals surface area (Å²) in [5.41, 5.74) is 3.41. The molecule has 0 bridgehead atoms. The number of para-hydroxylation sites is 1. The van der Waals surface area contributed by atoms with Gasteiger partial charge in [0.05, 0.1) is 6.54 Å². The summed E-state index contributed by atoms with van der Waals surface area (Å²) < 4.78 is 19.0. The highest BCUT2D eigenvalue weighted by Crippen LogP contribution is 2.29. The Labute approximate surface area is 118 Å². The number of fused-ring (bicyclic) bond motifs is 1. The van der Waals surface area contributed by atoms with Gasteiger partial charge in [-0.2, -0.15) is 0 Å². The van der Waals surface area contributed by atoms with Gasteiger partial charge in [0.25, 0.3) is 0 Å². The van der Waals surface area contributed by atoms with Crippen LogP contribution in [0, 0.1) is 5.82 Å². The molecule has 0 aromatic heterocycles. The van der Waals surface area contributed by atoms with E-state index in [0.29, 0.717) is 0 Å². The SMILES string of the molecule is CCc1ccccc1NCC1Cc2cc(F)ccc2O1. The summed E-state index contributed by atoms with van der Waals surface area (Å²) in [4.78, 5) is 0. The molecule has 0 amide bonds. The monoisotopic (exact) mass is 271 g/mol. The van der Waals surface area contributed by atoms with E-state index in [2.05, 4.69) is 30.4 Å². The maximum Gasteiger partial charge on any atom is 0.123 e. The molecule has 1 aliphatic heterocycles. The Kier molecular flexibility index (Phi) is 3.59. The molecule has 3 heteroatoms. The Balaban J connectivity index is 1.64. The van der Waals surface area contributed by atoms with Crippen molar-refractivity contribution in [3.63, 3.8) is 0 Å². The summed E-state index contributed by atoms with van der Waals surface area (Å²) in [6.07, 6.45) is 1.82. The molecular weight excluding hydrogens is 253 g/mol. The molecule has 1 unspecified atom stereocenters. The number of aryl methyl sites for hydroxylation is 1.